The maximum Gasteiger partial charge on any atom is 0.270 e. The molecule has 0 saturated carbocycles. The van der Waals surface area contributed by atoms with Gasteiger partial charge in [-0.2, -0.15) is 0 Å². The molecule has 1 amide bonds. The van der Waals surface area contributed by atoms with Crippen molar-refractivity contribution in [2.75, 3.05) is 19.7 Å². The van der Waals surface area contributed by atoms with Gasteiger partial charge >= 0.3 is 0 Å². The normalized spacial score (nSPS) is 16.6. The largest absolute Gasteiger partial charge is 0.376 e. The highest BCUT2D eigenvalue weighted by molar-refractivity contribution is 7.80. The zero-order chi connectivity index (χ0) is 17.5. The zero-order valence-electron chi connectivity index (χ0n) is 13.6. The van der Waals surface area contributed by atoms with Gasteiger partial charge in [-0.25, -0.2) is 0 Å². The van der Waals surface area contributed by atoms with Crippen LogP contribution in [0.1, 0.15) is 36.5 Å². The highest BCUT2D eigenvalue weighted by Crippen LogP contribution is 2.15. The Kier molecular flexibility index (Phi) is 6.62. The van der Waals surface area contributed by atoms with Crippen LogP contribution in [0.3, 0.4) is 0 Å². The van der Waals surface area contributed by atoms with E-state index in [9.17, 15) is 14.9 Å². The van der Waals surface area contributed by atoms with Gasteiger partial charge in [0, 0.05) is 37.4 Å². The number of hydrogen-bond donors (Lipinski definition) is 1. The molecule has 2 rings (SSSR count). The molecule has 0 aliphatic carbocycles. The first-order valence-corrected chi connectivity index (χ1v) is 8.38. The molecule has 0 bridgehead atoms. The summed E-state index contributed by atoms with van der Waals surface area (Å²) < 4.78 is 5.62. The number of nitrogens with one attached hydrogen (secondary N) is 1. The molecule has 1 unspecified atom stereocenters. The number of thiocarbonyl (C=S) groups is 1. The molecular formula is C16H21N3O4S. The molecule has 1 fully saturated rings. The van der Waals surface area contributed by atoms with Crippen molar-refractivity contribution in [3.63, 3.8) is 0 Å². The summed E-state index contributed by atoms with van der Waals surface area (Å²) in [4.78, 5) is 24.5. The third-order valence-electron chi connectivity index (χ3n) is 3.77. The van der Waals surface area contributed by atoms with E-state index < -0.39 is 10.8 Å². The number of rotatable bonds is 6. The van der Waals surface area contributed by atoms with Crippen LogP contribution in [0, 0.1) is 10.1 Å². The van der Waals surface area contributed by atoms with E-state index in [2.05, 4.69) is 5.32 Å². The van der Waals surface area contributed by atoms with Crippen LogP contribution in [-0.2, 0) is 4.74 Å². The highest BCUT2D eigenvalue weighted by Gasteiger charge is 2.22. The lowest BCUT2D eigenvalue weighted by molar-refractivity contribution is -0.384. The van der Waals surface area contributed by atoms with E-state index in [0.29, 0.717) is 18.2 Å². The van der Waals surface area contributed by atoms with Gasteiger partial charge in [0.15, 0.2) is 5.11 Å². The number of carbonyl (C=O) groups is 1. The standard InChI is InChI=1S/C16H21N3O4S/c1-2-8-18(11-14-7-4-9-23-14)16(24)17-15(20)12-5-3-6-13(10-12)19(21)22/h3,5-6,10,14H,2,4,7-9,11H2,1H3,(H,17,20,24). The van der Waals surface area contributed by atoms with E-state index in [1.807, 2.05) is 11.8 Å². The van der Waals surface area contributed by atoms with Crippen LogP contribution in [0.5, 0.6) is 0 Å². The van der Waals surface area contributed by atoms with Gasteiger partial charge in [0.2, 0.25) is 0 Å². The monoisotopic (exact) mass is 351 g/mol. The second kappa shape index (κ2) is 8.70. The molecule has 1 aromatic carbocycles. The summed E-state index contributed by atoms with van der Waals surface area (Å²) in [5.74, 6) is -0.447. The Balaban J connectivity index is 2.00. The zero-order valence-corrected chi connectivity index (χ0v) is 14.4. The van der Waals surface area contributed by atoms with Gasteiger partial charge in [0.05, 0.1) is 11.0 Å². The Morgan fingerprint density at radius 1 is 1.54 bits per heavy atom. The van der Waals surface area contributed by atoms with E-state index in [4.69, 9.17) is 17.0 Å². The topological polar surface area (TPSA) is 84.7 Å². The predicted octanol–water partition coefficient (Wildman–Crippen LogP) is 2.50. The number of carbonyl (C=O) groups excluding carboxylic acids is 1. The molecule has 0 radical (unpaired) electrons. The van der Waals surface area contributed by atoms with Crippen molar-refractivity contribution < 1.29 is 14.5 Å². The number of benzene rings is 1. The fourth-order valence-corrected chi connectivity index (χ4v) is 2.85. The van der Waals surface area contributed by atoms with Gasteiger partial charge in [-0.3, -0.25) is 20.2 Å². The second-order valence-corrected chi connectivity index (χ2v) is 6.03. The first-order chi connectivity index (χ1) is 11.5. The summed E-state index contributed by atoms with van der Waals surface area (Å²) in [6, 6.07) is 5.58. The van der Waals surface area contributed by atoms with Crippen LogP contribution in [0.2, 0.25) is 0 Å². The highest BCUT2D eigenvalue weighted by atomic mass is 32.1. The molecule has 0 spiro atoms. The second-order valence-electron chi connectivity index (χ2n) is 5.65. The summed E-state index contributed by atoms with van der Waals surface area (Å²) >= 11 is 5.34. The van der Waals surface area contributed by atoms with Crippen molar-refractivity contribution in [1.29, 1.82) is 0 Å². The number of nitrogens with zero attached hydrogens (tertiary/aromatic N) is 2. The number of ether oxygens (including phenoxy) is 1. The molecule has 1 saturated heterocycles. The number of non-ortho nitro benzene ring substituents is 1. The van der Waals surface area contributed by atoms with Gasteiger partial charge < -0.3 is 9.64 Å². The summed E-state index contributed by atoms with van der Waals surface area (Å²) in [6.45, 7) is 4.15. The average molecular weight is 351 g/mol. The number of nitro benzene ring substituents is 1. The van der Waals surface area contributed by atoms with Gasteiger partial charge in [0.1, 0.15) is 0 Å². The minimum absolute atomic E-state index is 0.127. The molecule has 1 heterocycles. The number of amides is 1. The van der Waals surface area contributed by atoms with E-state index in [0.717, 1.165) is 25.9 Å². The molecular weight excluding hydrogens is 330 g/mol. The third kappa shape index (κ3) is 4.97. The Hall–Kier alpha value is -2.06. The minimum Gasteiger partial charge on any atom is -0.376 e. The molecule has 130 valence electrons. The van der Waals surface area contributed by atoms with Crippen LogP contribution in [0.25, 0.3) is 0 Å². The molecule has 1 N–H and O–H groups in total. The number of hydrogen-bond acceptors (Lipinski definition) is 5. The Morgan fingerprint density at radius 3 is 2.96 bits per heavy atom. The Labute approximate surface area is 146 Å². The SMILES string of the molecule is CCCN(CC1CCCO1)C(=S)NC(=O)c1cccc([N+](=O)[O-])c1. The van der Waals surface area contributed by atoms with E-state index in [1.54, 1.807) is 0 Å². The fourth-order valence-electron chi connectivity index (χ4n) is 2.59. The maximum absolute atomic E-state index is 12.3. The molecule has 1 aliphatic rings. The quantitative estimate of drug-likeness (QED) is 0.481. The van der Waals surface area contributed by atoms with E-state index in [1.165, 1.54) is 24.3 Å². The summed E-state index contributed by atoms with van der Waals surface area (Å²) in [5, 5.41) is 13.8. The first kappa shape index (κ1) is 18.3. The van der Waals surface area contributed by atoms with Crippen LogP contribution >= 0.6 is 12.2 Å². The van der Waals surface area contributed by atoms with Crippen molar-refractivity contribution in [1.82, 2.24) is 10.2 Å². The Bertz CT molecular complexity index is 617. The molecule has 1 atom stereocenters. The summed E-state index contributed by atoms with van der Waals surface area (Å²) in [5.41, 5.74) is 0.0819. The van der Waals surface area contributed by atoms with E-state index >= 15 is 0 Å². The molecule has 8 heteroatoms. The summed E-state index contributed by atoms with van der Waals surface area (Å²) in [6.07, 6.45) is 3.04. The van der Waals surface area contributed by atoms with Gasteiger partial charge in [-0.15, -0.1) is 0 Å². The van der Waals surface area contributed by atoms with Crippen molar-refractivity contribution in [3.8, 4) is 0 Å². The van der Waals surface area contributed by atoms with Crippen LogP contribution in [0.4, 0.5) is 5.69 Å². The van der Waals surface area contributed by atoms with Crippen LogP contribution < -0.4 is 5.32 Å². The maximum atomic E-state index is 12.3. The molecule has 7 nitrogen and oxygen atoms in total. The lowest BCUT2D eigenvalue weighted by Crippen LogP contribution is -2.46. The molecule has 0 aromatic heterocycles. The predicted molar refractivity (Wildman–Crippen MR) is 94.0 cm³/mol. The molecule has 24 heavy (non-hydrogen) atoms. The van der Waals surface area contributed by atoms with Crippen molar-refractivity contribution in [2.24, 2.45) is 0 Å². The van der Waals surface area contributed by atoms with Gasteiger partial charge in [-0.1, -0.05) is 13.0 Å². The van der Waals surface area contributed by atoms with Gasteiger partial charge in [0.25, 0.3) is 11.6 Å². The lowest BCUT2D eigenvalue weighted by Gasteiger charge is -2.27. The summed E-state index contributed by atoms with van der Waals surface area (Å²) in [7, 11) is 0. The lowest BCUT2D eigenvalue weighted by atomic mass is 10.2. The smallest absolute Gasteiger partial charge is 0.270 e. The number of nitro groups is 1. The Morgan fingerprint density at radius 2 is 2.33 bits per heavy atom. The van der Waals surface area contributed by atoms with Crippen LogP contribution in [-0.4, -0.2) is 46.6 Å². The van der Waals surface area contributed by atoms with E-state index in [-0.39, 0.29) is 17.4 Å². The van der Waals surface area contributed by atoms with Crippen molar-refractivity contribution in [3.05, 3.63) is 39.9 Å². The average Bonchev–Trinajstić information content (AvgIpc) is 3.07. The van der Waals surface area contributed by atoms with Crippen molar-refractivity contribution >= 4 is 28.9 Å². The minimum atomic E-state index is -0.532. The van der Waals surface area contributed by atoms with Crippen molar-refractivity contribution in [2.45, 2.75) is 32.3 Å². The fraction of sp³-hybridized carbons (Fsp3) is 0.500. The first-order valence-electron chi connectivity index (χ1n) is 7.97. The molecule has 1 aromatic rings. The third-order valence-corrected chi connectivity index (χ3v) is 4.13. The molecule has 1 aliphatic heterocycles. The van der Waals surface area contributed by atoms with Crippen LogP contribution in [0.15, 0.2) is 24.3 Å². The van der Waals surface area contributed by atoms with Gasteiger partial charge in [-0.05, 0) is 37.5 Å².